The number of urea groups is 1. The second kappa shape index (κ2) is 16.2. The summed E-state index contributed by atoms with van der Waals surface area (Å²) in [4.78, 5) is 27.3. The molecule has 4 aromatic heterocycles. The van der Waals surface area contributed by atoms with E-state index < -0.39 is 0 Å². The van der Waals surface area contributed by atoms with Gasteiger partial charge in [-0.1, -0.05) is 56.2 Å². The van der Waals surface area contributed by atoms with Gasteiger partial charge in [0.15, 0.2) is 0 Å². The van der Waals surface area contributed by atoms with Crippen molar-refractivity contribution >= 4 is 35.0 Å². The molecular formula is C37H38N11O2+. The number of nitriles is 1. The first-order valence-corrected chi connectivity index (χ1v) is 16.7. The zero-order valence-electron chi connectivity index (χ0n) is 28.0. The van der Waals surface area contributed by atoms with Crippen LogP contribution in [0.3, 0.4) is 0 Å². The Labute approximate surface area is 289 Å². The van der Waals surface area contributed by atoms with Crippen LogP contribution >= 0.6 is 0 Å². The number of anilines is 1. The maximum Gasteiger partial charge on any atom is 0.441 e. The summed E-state index contributed by atoms with van der Waals surface area (Å²) in [7, 11) is 1.88. The Morgan fingerprint density at radius 3 is 2.58 bits per heavy atom. The predicted octanol–water partition coefficient (Wildman–Crippen LogP) is 6.67. The molecule has 4 heterocycles. The van der Waals surface area contributed by atoms with E-state index >= 15 is 0 Å². The van der Waals surface area contributed by atoms with Gasteiger partial charge >= 0.3 is 6.03 Å². The topological polar surface area (TPSA) is 163 Å². The largest absolute Gasteiger partial charge is 0.441 e. The summed E-state index contributed by atoms with van der Waals surface area (Å²) in [6, 6.07) is 21.0. The van der Waals surface area contributed by atoms with Crippen molar-refractivity contribution in [2.75, 3.05) is 11.9 Å². The zero-order chi connectivity index (χ0) is 34.7. The van der Waals surface area contributed by atoms with Crippen LogP contribution in [0.5, 0.6) is 0 Å². The summed E-state index contributed by atoms with van der Waals surface area (Å²) in [5.41, 5.74) is 5.73. The maximum absolute atomic E-state index is 13.6. The number of unbranched alkanes of at least 4 members (excludes halogenated alkanes) is 1. The first-order chi connectivity index (χ1) is 24.5. The van der Waals surface area contributed by atoms with Gasteiger partial charge in [0.1, 0.15) is 23.3 Å². The fraction of sp³-hybridized carbons (Fsp3) is 0.270. The van der Waals surface area contributed by atoms with Crippen molar-refractivity contribution in [3.63, 3.8) is 0 Å². The molecule has 2 N–H and O–H groups in total. The lowest BCUT2D eigenvalue weighted by atomic mass is 9.98. The lowest BCUT2D eigenvalue weighted by Crippen LogP contribution is -2.32. The van der Waals surface area contributed by atoms with Crippen molar-refractivity contribution in [3.05, 3.63) is 96.6 Å². The highest BCUT2D eigenvalue weighted by atomic mass is 16.6. The molecule has 1 atom stereocenters. The van der Waals surface area contributed by atoms with Gasteiger partial charge in [-0.2, -0.15) is 14.9 Å². The van der Waals surface area contributed by atoms with Gasteiger partial charge in [-0.25, -0.2) is 19.4 Å². The zero-order valence-corrected chi connectivity index (χ0v) is 28.0. The molecule has 0 aliphatic heterocycles. The third-order valence-corrected chi connectivity index (χ3v) is 8.28. The number of pyridine rings is 1. The summed E-state index contributed by atoms with van der Waals surface area (Å²) in [5.74, 6) is 1.15. The number of carbonyl (C=O) groups is 1. The van der Waals surface area contributed by atoms with Crippen LogP contribution in [0, 0.1) is 17.2 Å². The van der Waals surface area contributed by atoms with Gasteiger partial charge in [-0.15, -0.1) is 4.98 Å². The third-order valence-electron chi connectivity index (χ3n) is 8.28. The number of benzene rings is 2. The number of hydrogen-bond acceptors (Lipinski definition) is 10. The van der Waals surface area contributed by atoms with Gasteiger partial charge < -0.3 is 5.32 Å². The molecule has 6 aromatic rings. The second-order valence-corrected chi connectivity index (χ2v) is 12.0. The maximum atomic E-state index is 13.6. The number of rotatable bonds is 14. The highest BCUT2D eigenvalue weighted by molar-refractivity contribution is 5.81. The first-order valence-electron chi connectivity index (χ1n) is 16.7. The average molecular weight is 669 g/mol. The molecule has 13 nitrogen and oxygen atoms in total. The Morgan fingerprint density at radius 1 is 0.980 bits per heavy atom. The van der Waals surface area contributed by atoms with E-state index in [4.69, 9.17) is 9.61 Å². The summed E-state index contributed by atoms with van der Waals surface area (Å²) in [6.07, 6.45) is 13.6. The molecule has 0 bridgehead atoms. The standard InChI is InChI=1S/C37H37N11O2/c1-3-9-27(12-7-8-17-39-36-41-22-30(19-38)35(44-36)28-13-15-32-33(18-28)46-50-45-32)24-48(37(49)42-20-26-10-5-4-6-11-26)34-16-14-29(21-40-34)31-23-43-47(2)25-31/h4-6,10-11,13-16,18,21-25,27H,3,7-9,12,17,20H2,1-2H3,(H-,39,41,42,44,49)/p+1/b48-24-/t27-/m0/s1. The fourth-order valence-electron chi connectivity index (χ4n) is 5.68. The molecule has 0 unspecified atom stereocenters. The second-order valence-electron chi connectivity index (χ2n) is 12.0. The number of fused-ring (bicyclic) bond motifs is 1. The highest BCUT2D eigenvalue weighted by Gasteiger charge is 2.21. The number of nitrogens with zero attached hydrogens (tertiary/aromatic N) is 9. The van der Waals surface area contributed by atoms with Crippen LogP contribution in [-0.4, -0.2) is 58.4 Å². The number of carbonyl (C=O) groups excluding carboxylic acids is 1. The molecule has 252 valence electrons. The van der Waals surface area contributed by atoms with Crippen LogP contribution < -0.4 is 10.6 Å². The van der Waals surface area contributed by atoms with Crippen molar-refractivity contribution < 1.29 is 14.0 Å². The molecule has 0 saturated carbocycles. The third kappa shape index (κ3) is 8.40. The Bertz CT molecular complexity index is 2120. The average Bonchev–Trinajstić information content (AvgIpc) is 3.81. The highest BCUT2D eigenvalue weighted by Crippen LogP contribution is 2.25. The Balaban J connectivity index is 1.12. The van der Waals surface area contributed by atoms with Crippen molar-refractivity contribution in [1.82, 2.24) is 40.4 Å². The van der Waals surface area contributed by atoms with Crippen LogP contribution in [-0.2, 0) is 13.6 Å². The Kier molecular flexibility index (Phi) is 10.9. The van der Waals surface area contributed by atoms with E-state index in [9.17, 15) is 10.1 Å². The van der Waals surface area contributed by atoms with Crippen LogP contribution in [0.25, 0.3) is 33.4 Å². The van der Waals surface area contributed by atoms with Crippen LogP contribution in [0.4, 0.5) is 16.6 Å². The van der Waals surface area contributed by atoms with Crippen LogP contribution in [0.2, 0.25) is 0 Å². The number of aromatic nitrogens is 7. The van der Waals surface area contributed by atoms with Gasteiger partial charge in [0, 0.05) is 48.5 Å². The van der Waals surface area contributed by atoms with Crippen molar-refractivity contribution in [2.24, 2.45) is 13.0 Å². The van der Waals surface area contributed by atoms with Gasteiger partial charge in [0.25, 0.3) is 5.82 Å². The molecule has 6 rings (SSSR count). The molecule has 0 spiro atoms. The quantitative estimate of drug-likeness (QED) is 0.0728. The summed E-state index contributed by atoms with van der Waals surface area (Å²) in [6.45, 7) is 3.21. The molecule has 50 heavy (non-hydrogen) atoms. The van der Waals surface area contributed by atoms with E-state index in [2.05, 4.69) is 49.0 Å². The van der Waals surface area contributed by atoms with Gasteiger partial charge in [0.2, 0.25) is 5.95 Å². The normalized spacial score (nSPS) is 12.1. The monoisotopic (exact) mass is 668 g/mol. The Morgan fingerprint density at radius 2 is 1.82 bits per heavy atom. The van der Waals surface area contributed by atoms with Crippen LogP contribution in [0.15, 0.2) is 90.1 Å². The minimum Gasteiger partial charge on any atom is -0.354 e. The number of amides is 2. The number of aryl methyl sites for hydroxylation is 1. The predicted molar refractivity (Wildman–Crippen MR) is 189 cm³/mol. The van der Waals surface area contributed by atoms with E-state index in [1.54, 1.807) is 33.8 Å². The van der Waals surface area contributed by atoms with E-state index in [0.29, 0.717) is 47.1 Å². The van der Waals surface area contributed by atoms with Crippen molar-refractivity contribution in [1.29, 1.82) is 5.26 Å². The number of hydrogen-bond donors (Lipinski definition) is 2. The van der Waals surface area contributed by atoms with Gasteiger partial charge in [-0.3, -0.25) is 10.00 Å². The lowest BCUT2D eigenvalue weighted by molar-refractivity contribution is -0.336. The molecular weight excluding hydrogens is 630 g/mol. The molecule has 2 amide bonds. The van der Waals surface area contributed by atoms with Crippen LogP contribution in [0.1, 0.15) is 50.2 Å². The minimum absolute atomic E-state index is 0.154. The van der Waals surface area contributed by atoms with Gasteiger partial charge in [-0.05, 0) is 53.3 Å². The van der Waals surface area contributed by atoms with Crippen molar-refractivity contribution in [3.8, 4) is 28.5 Å². The van der Waals surface area contributed by atoms with E-state index in [-0.39, 0.29) is 11.9 Å². The summed E-state index contributed by atoms with van der Waals surface area (Å²) >= 11 is 0. The lowest BCUT2D eigenvalue weighted by Gasteiger charge is -2.14. The molecule has 0 saturated heterocycles. The molecule has 0 aliphatic carbocycles. The summed E-state index contributed by atoms with van der Waals surface area (Å²) < 4.78 is 8.20. The fourth-order valence-corrected chi connectivity index (χ4v) is 5.68. The van der Waals surface area contributed by atoms with Crippen molar-refractivity contribution in [2.45, 2.75) is 45.6 Å². The summed E-state index contributed by atoms with van der Waals surface area (Å²) in [5, 5.41) is 28.0. The molecule has 13 heteroatoms. The van der Waals surface area contributed by atoms with E-state index in [0.717, 1.165) is 54.4 Å². The van der Waals surface area contributed by atoms with E-state index in [1.165, 1.54) is 6.20 Å². The Hall–Kier alpha value is -6.29. The molecule has 0 aliphatic rings. The van der Waals surface area contributed by atoms with E-state index in [1.807, 2.05) is 68.0 Å². The molecule has 0 radical (unpaired) electrons. The number of nitrogens with one attached hydrogen (secondary N) is 2. The first kappa shape index (κ1) is 33.6. The minimum atomic E-state index is -0.231. The van der Waals surface area contributed by atoms with Gasteiger partial charge in [0.05, 0.1) is 36.4 Å². The SMILES string of the molecule is CCC[C@H](/C=[N+](\C(=O)NCc1ccccc1)c1ccc(-c2cnn(C)c2)cn1)CCCCNc1ncc(C#N)c(-c2ccc3nonc3c2)n1. The molecule has 2 aromatic carbocycles. The molecule has 0 fully saturated rings. The smallest absolute Gasteiger partial charge is 0.354 e.